The summed E-state index contributed by atoms with van der Waals surface area (Å²) in [5, 5.41) is 7.07. The number of nitrogens with one attached hydrogen (secondary N) is 1. The first-order valence-corrected chi connectivity index (χ1v) is 3.78. The number of rotatable bonds is 2. The van der Waals surface area contributed by atoms with E-state index in [0.717, 1.165) is 6.42 Å². The lowest BCUT2D eigenvalue weighted by molar-refractivity contribution is 0.556. The molecule has 0 aromatic heterocycles. The fourth-order valence-corrected chi connectivity index (χ4v) is 1.34. The third-order valence-electron chi connectivity index (χ3n) is 1.84. The van der Waals surface area contributed by atoms with Gasteiger partial charge in [-0.25, -0.2) is 0 Å². The van der Waals surface area contributed by atoms with Crippen LogP contribution in [0.1, 0.15) is 25.7 Å². The molecule has 0 spiro atoms. The SMILES string of the molecule is N=C(N)CC1C=CCCC1. The van der Waals surface area contributed by atoms with Crippen LogP contribution in [0.2, 0.25) is 0 Å². The molecular weight excluding hydrogens is 124 g/mol. The van der Waals surface area contributed by atoms with Gasteiger partial charge in [-0.3, -0.25) is 5.41 Å². The topological polar surface area (TPSA) is 49.9 Å². The molecule has 0 aromatic rings. The second-order valence-electron chi connectivity index (χ2n) is 2.85. The molecular formula is C8H14N2. The molecule has 56 valence electrons. The molecule has 0 aromatic carbocycles. The number of nitrogens with two attached hydrogens (primary N) is 1. The standard InChI is InChI=1S/C8H14N2/c9-8(10)6-7-4-2-1-3-5-7/h2,4,7H,1,3,5-6H2,(H3,9,10). The average Bonchev–Trinajstić information content (AvgIpc) is 1.88. The van der Waals surface area contributed by atoms with Crippen LogP contribution in [0.4, 0.5) is 0 Å². The molecule has 2 nitrogen and oxygen atoms in total. The molecule has 0 amide bonds. The molecule has 0 heterocycles. The van der Waals surface area contributed by atoms with Crippen LogP contribution < -0.4 is 5.73 Å². The number of allylic oxidation sites excluding steroid dienone is 2. The lowest BCUT2D eigenvalue weighted by Gasteiger charge is -2.14. The molecule has 0 bridgehead atoms. The Morgan fingerprint density at radius 1 is 1.70 bits per heavy atom. The minimum atomic E-state index is 0.316. The highest BCUT2D eigenvalue weighted by Gasteiger charge is 2.08. The van der Waals surface area contributed by atoms with Crippen LogP contribution >= 0.6 is 0 Å². The average molecular weight is 138 g/mol. The fraction of sp³-hybridized carbons (Fsp3) is 0.625. The summed E-state index contributed by atoms with van der Waals surface area (Å²) >= 11 is 0. The Bertz CT molecular complexity index is 149. The van der Waals surface area contributed by atoms with Crippen LogP contribution in [0.25, 0.3) is 0 Å². The Kier molecular flexibility index (Phi) is 2.49. The molecule has 1 rings (SSSR count). The van der Waals surface area contributed by atoms with E-state index in [1.807, 2.05) is 0 Å². The summed E-state index contributed by atoms with van der Waals surface area (Å²) in [4.78, 5) is 0. The monoisotopic (exact) mass is 138 g/mol. The Hall–Kier alpha value is -0.790. The van der Waals surface area contributed by atoms with Gasteiger partial charge in [-0.15, -0.1) is 0 Å². The molecule has 0 fully saturated rings. The summed E-state index contributed by atoms with van der Waals surface area (Å²) in [5.41, 5.74) is 5.27. The molecule has 10 heavy (non-hydrogen) atoms. The lowest BCUT2D eigenvalue weighted by Crippen LogP contribution is -2.15. The van der Waals surface area contributed by atoms with Crippen molar-refractivity contribution in [3.05, 3.63) is 12.2 Å². The Morgan fingerprint density at radius 2 is 2.50 bits per heavy atom. The summed E-state index contributed by atoms with van der Waals surface area (Å²) in [6.07, 6.45) is 8.79. The third-order valence-corrected chi connectivity index (χ3v) is 1.84. The van der Waals surface area contributed by atoms with Crippen molar-refractivity contribution in [1.82, 2.24) is 0 Å². The van der Waals surface area contributed by atoms with Crippen molar-refractivity contribution in [3.8, 4) is 0 Å². The highest BCUT2D eigenvalue weighted by Crippen LogP contribution is 2.19. The molecule has 1 aliphatic carbocycles. The van der Waals surface area contributed by atoms with E-state index in [4.69, 9.17) is 11.1 Å². The molecule has 0 saturated heterocycles. The summed E-state index contributed by atoms with van der Waals surface area (Å²) < 4.78 is 0. The normalized spacial score (nSPS) is 24.6. The predicted molar refractivity (Wildman–Crippen MR) is 43.0 cm³/mol. The first kappa shape index (κ1) is 7.32. The molecule has 1 atom stereocenters. The molecule has 0 aliphatic heterocycles. The van der Waals surface area contributed by atoms with Crippen LogP contribution in [0.3, 0.4) is 0 Å². The fourth-order valence-electron chi connectivity index (χ4n) is 1.34. The number of hydrogen-bond donors (Lipinski definition) is 2. The van der Waals surface area contributed by atoms with Crippen LogP contribution in [0.5, 0.6) is 0 Å². The molecule has 1 unspecified atom stereocenters. The van der Waals surface area contributed by atoms with E-state index < -0.39 is 0 Å². The number of amidine groups is 1. The lowest BCUT2D eigenvalue weighted by atomic mass is 9.93. The molecule has 2 heteroatoms. The van der Waals surface area contributed by atoms with Gasteiger partial charge < -0.3 is 5.73 Å². The van der Waals surface area contributed by atoms with Crippen molar-refractivity contribution < 1.29 is 0 Å². The molecule has 0 saturated carbocycles. The summed E-state index contributed by atoms with van der Waals surface area (Å²) in [5.74, 6) is 0.864. The van der Waals surface area contributed by atoms with Crippen molar-refractivity contribution in [2.75, 3.05) is 0 Å². The molecule has 0 radical (unpaired) electrons. The van der Waals surface area contributed by atoms with E-state index in [1.165, 1.54) is 19.3 Å². The van der Waals surface area contributed by atoms with E-state index in [1.54, 1.807) is 0 Å². The maximum Gasteiger partial charge on any atom is 0.0911 e. The molecule has 3 N–H and O–H groups in total. The van der Waals surface area contributed by atoms with E-state index in [-0.39, 0.29) is 0 Å². The van der Waals surface area contributed by atoms with E-state index >= 15 is 0 Å². The first-order chi connectivity index (χ1) is 4.79. The maximum atomic E-state index is 7.07. The Labute approximate surface area is 61.6 Å². The summed E-state index contributed by atoms with van der Waals surface area (Å²) in [6.45, 7) is 0. The predicted octanol–water partition coefficient (Wildman–Crippen LogP) is 1.67. The van der Waals surface area contributed by atoms with Crippen molar-refractivity contribution in [3.63, 3.8) is 0 Å². The van der Waals surface area contributed by atoms with Gasteiger partial charge in [0.15, 0.2) is 0 Å². The summed E-state index contributed by atoms with van der Waals surface area (Å²) in [6, 6.07) is 0. The van der Waals surface area contributed by atoms with E-state index in [2.05, 4.69) is 12.2 Å². The van der Waals surface area contributed by atoms with Crippen molar-refractivity contribution in [1.29, 1.82) is 5.41 Å². The zero-order valence-corrected chi connectivity index (χ0v) is 6.14. The van der Waals surface area contributed by atoms with Gasteiger partial charge in [0.05, 0.1) is 5.84 Å². The van der Waals surface area contributed by atoms with Crippen LogP contribution in [0, 0.1) is 11.3 Å². The molecule has 1 aliphatic rings. The third kappa shape index (κ3) is 2.21. The van der Waals surface area contributed by atoms with E-state index in [9.17, 15) is 0 Å². The first-order valence-electron chi connectivity index (χ1n) is 3.78. The van der Waals surface area contributed by atoms with Gasteiger partial charge in [-0.05, 0) is 25.2 Å². The van der Waals surface area contributed by atoms with Gasteiger partial charge in [-0.2, -0.15) is 0 Å². The second-order valence-corrected chi connectivity index (χ2v) is 2.85. The number of hydrogen-bond acceptors (Lipinski definition) is 1. The minimum Gasteiger partial charge on any atom is -0.388 e. The second kappa shape index (κ2) is 3.40. The van der Waals surface area contributed by atoms with E-state index in [0.29, 0.717) is 11.8 Å². The van der Waals surface area contributed by atoms with Crippen LogP contribution in [-0.4, -0.2) is 5.84 Å². The van der Waals surface area contributed by atoms with Crippen molar-refractivity contribution in [2.24, 2.45) is 11.7 Å². The largest absolute Gasteiger partial charge is 0.388 e. The minimum absolute atomic E-state index is 0.316. The highest BCUT2D eigenvalue weighted by molar-refractivity contribution is 5.77. The Morgan fingerprint density at radius 3 is 3.00 bits per heavy atom. The Balaban J connectivity index is 2.33. The quantitative estimate of drug-likeness (QED) is 0.340. The van der Waals surface area contributed by atoms with Gasteiger partial charge in [0.2, 0.25) is 0 Å². The summed E-state index contributed by atoms with van der Waals surface area (Å²) in [7, 11) is 0. The van der Waals surface area contributed by atoms with Crippen molar-refractivity contribution >= 4 is 5.84 Å². The van der Waals surface area contributed by atoms with Crippen LogP contribution in [-0.2, 0) is 0 Å². The highest BCUT2D eigenvalue weighted by atomic mass is 14.7. The van der Waals surface area contributed by atoms with Gasteiger partial charge in [0.25, 0.3) is 0 Å². The smallest absolute Gasteiger partial charge is 0.0911 e. The zero-order valence-electron chi connectivity index (χ0n) is 6.14. The zero-order chi connectivity index (χ0) is 7.40. The maximum absolute atomic E-state index is 7.07. The van der Waals surface area contributed by atoms with Gasteiger partial charge in [0.1, 0.15) is 0 Å². The van der Waals surface area contributed by atoms with Gasteiger partial charge in [-0.1, -0.05) is 12.2 Å². The van der Waals surface area contributed by atoms with Gasteiger partial charge >= 0.3 is 0 Å². The van der Waals surface area contributed by atoms with Crippen LogP contribution in [0.15, 0.2) is 12.2 Å². The van der Waals surface area contributed by atoms with Crippen molar-refractivity contribution in [2.45, 2.75) is 25.7 Å². The van der Waals surface area contributed by atoms with Gasteiger partial charge in [0, 0.05) is 6.42 Å².